The summed E-state index contributed by atoms with van der Waals surface area (Å²) in [6.45, 7) is 8.10. The Labute approximate surface area is 260 Å². The smallest absolute Gasteiger partial charge is 0.326 e. The lowest BCUT2D eigenvalue weighted by Gasteiger charge is -2.37. The van der Waals surface area contributed by atoms with Crippen LogP contribution in [0.4, 0.5) is 17.7 Å². The van der Waals surface area contributed by atoms with Crippen LogP contribution >= 0.6 is 0 Å². The molecule has 10 nitrogen and oxygen atoms in total. The molecule has 3 atom stereocenters. The summed E-state index contributed by atoms with van der Waals surface area (Å²) in [5.74, 6) is 3.30. The van der Waals surface area contributed by atoms with Gasteiger partial charge in [0.1, 0.15) is 11.6 Å². The number of rotatable bonds is 9. The maximum Gasteiger partial charge on any atom is 0.326 e. The van der Waals surface area contributed by atoms with Crippen LogP contribution in [-0.2, 0) is 16.1 Å². The topological polar surface area (TPSA) is 109 Å². The highest BCUT2D eigenvalue weighted by atomic mass is 16.5. The van der Waals surface area contributed by atoms with E-state index in [4.69, 9.17) is 19.7 Å². The number of anilines is 3. The Morgan fingerprint density at radius 3 is 2.52 bits per heavy atom. The Balaban J connectivity index is 1.37. The highest BCUT2D eigenvalue weighted by Crippen LogP contribution is 2.39. The molecule has 2 N–H and O–H groups in total. The number of hydrogen-bond acceptors (Lipinski definition) is 8. The first-order valence-corrected chi connectivity index (χ1v) is 16.9. The second-order valence-electron chi connectivity index (χ2n) is 13.7. The standard InChI is InChI=1S/C34H47N7O3/c1-22-13-15-24(16-14-22)20-41-29-30(35-23(2)25-10-6-11-25)36-33(39-17-7-12-27(39)32(42)43)37-31(29)38-34(41)40-18-19-44-21-28(40)26-8-4-3-5-9-26/h3-5,8-9,22-25,27-28H,6-7,10-21H2,1-2H3,(H,42,43)(H,35,36,37)/t22?,23-,24?,27-,28+/m1/s1. The van der Waals surface area contributed by atoms with Gasteiger partial charge in [-0.05, 0) is 68.8 Å². The number of fused-ring (bicyclic) bond motifs is 1. The van der Waals surface area contributed by atoms with Crippen molar-refractivity contribution < 1.29 is 14.6 Å². The largest absolute Gasteiger partial charge is 0.480 e. The van der Waals surface area contributed by atoms with Gasteiger partial charge in [-0.25, -0.2) is 4.79 Å². The van der Waals surface area contributed by atoms with Crippen molar-refractivity contribution in [3.63, 3.8) is 0 Å². The van der Waals surface area contributed by atoms with Gasteiger partial charge in [-0.15, -0.1) is 0 Å². The molecule has 2 saturated carbocycles. The van der Waals surface area contributed by atoms with E-state index in [1.807, 2.05) is 4.90 Å². The summed E-state index contributed by atoms with van der Waals surface area (Å²) in [7, 11) is 0. The Morgan fingerprint density at radius 2 is 1.80 bits per heavy atom. The van der Waals surface area contributed by atoms with Crippen LogP contribution in [0.2, 0.25) is 0 Å². The number of morpholine rings is 1. The number of carboxylic acids is 1. The summed E-state index contributed by atoms with van der Waals surface area (Å²) < 4.78 is 8.42. The molecule has 0 radical (unpaired) electrons. The minimum absolute atomic E-state index is 0.0413. The monoisotopic (exact) mass is 601 g/mol. The molecule has 1 aromatic carbocycles. The van der Waals surface area contributed by atoms with Crippen LogP contribution in [-0.4, -0.2) is 69.0 Å². The highest BCUT2D eigenvalue weighted by molar-refractivity contribution is 5.88. The molecule has 44 heavy (non-hydrogen) atoms. The molecule has 0 amide bonds. The van der Waals surface area contributed by atoms with Crippen molar-refractivity contribution in [2.75, 3.05) is 41.4 Å². The molecule has 3 aromatic rings. The van der Waals surface area contributed by atoms with Crippen LogP contribution in [0.3, 0.4) is 0 Å². The average molecular weight is 602 g/mol. The van der Waals surface area contributed by atoms with Gasteiger partial charge in [0, 0.05) is 25.7 Å². The van der Waals surface area contributed by atoms with Crippen LogP contribution < -0.4 is 15.1 Å². The number of carbonyl (C=O) groups is 1. The van der Waals surface area contributed by atoms with E-state index in [2.05, 4.69) is 59.0 Å². The zero-order chi connectivity index (χ0) is 30.2. The summed E-state index contributed by atoms with van der Waals surface area (Å²) in [4.78, 5) is 31.9. The second kappa shape index (κ2) is 12.5. The fraction of sp³-hybridized carbons (Fsp3) is 0.647. The van der Waals surface area contributed by atoms with Crippen LogP contribution in [0.5, 0.6) is 0 Å². The number of benzene rings is 1. The molecule has 0 spiro atoms. The molecule has 236 valence electrons. The molecular formula is C34H47N7O3. The van der Waals surface area contributed by atoms with Crippen molar-refractivity contribution in [3.05, 3.63) is 35.9 Å². The number of nitrogens with zero attached hydrogens (tertiary/aromatic N) is 6. The van der Waals surface area contributed by atoms with Crippen molar-refractivity contribution in [1.29, 1.82) is 0 Å². The molecule has 2 saturated heterocycles. The van der Waals surface area contributed by atoms with Crippen molar-refractivity contribution in [3.8, 4) is 0 Å². The lowest BCUT2D eigenvalue weighted by molar-refractivity contribution is -0.138. The number of hydrogen-bond donors (Lipinski definition) is 2. The Bertz CT molecular complexity index is 1450. The molecule has 0 unspecified atom stereocenters. The van der Waals surface area contributed by atoms with Crippen LogP contribution in [0.1, 0.15) is 83.2 Å². The van der Waals surface area contributed by atoms with Gasteiger partial charge in [-0.3, -0.25) is 0 Å². The van der Waals surface area contributed by atoms with Crippen LogP contribution in [0, 0.1) is 17.8 Å². The average Bonchev–Trinajstić information content (AvgIpc) is 3.64. The zero-order valence-electron chi connectivity index (χ0n) is 26.2. The molecule has 4 fully saturated rings. The summed E-state index contributed by atoms with van der Waals surface area (Å²) in [5, 5.41) is 13.8. The molecule has 4 aliphatic rings. The fourth-order valence-corrected chi connectivity index (χ4v) is 7.73. The summed E-state index contributed by atoms with van der Waals surface area (Å²) in [6.07, 6.45) is 10.1. The molecule has 2 aliphatic heterocycles. The number of aromatic nitrogens is 4. The molecule has 7 rings (SSSR count). The third-order valence-electron chi connectivity index (χ3n) is 10.7. The van der Waals surface area contributed by atoms with Crippen molar-refractivity contribution in [2.45, 2.75) is 96.3 Å². The molecule has 2 aromatic heterocycles. The Morgan fingerprint density at radius 1 is 1.00 bits per heavy atom. The van der Waals surface area contributed by atoms with Gasteiger partial charge in [0.15, 0.2) is 11.5 Å². The van der Waals surface area contributed by atoms with Crippen LogP contribution in [0.15, 0.2) is 30.3 Å². The normalized spacial score (nSPS) is 27.0. The van der Waals surface area contributed by atoms with E-state index in [-0.39, 0.29) is 12.1 Å². The van der Waals surface area contributed by atoms with E-state index in [1.165, 1.54) is 50.5 Å². The second-order valence-corrected chi connectivity index (χ2v) is 13.7. The van der Waals surface area contributed by atoms with Crippen molar-refractivity contribution in [2.24, 2.45) is 17.8 Å². The number of ether oxygens (including phenoxy) is 1. The quantitative estimate of drug-likeness (QED) is 0.311. The van der Waals surface area contributed by atoms with E-state index >= 15 is 0 Å². The third-order valence-corrected chi connectivity index (χ3v) is 10.7. The number of imidazole rings is 1. The SMILES string of the molecule is CC1CCC(Cn2c(N3CCOC[C@H]3c3ccccc3)nc3nc(N4CCC[C@@H]4C(=O)O)nc(N[C@H](C)C4CCC4)c32)CC1. The Hall–Kier alpha value is -3.40. The first kappa shape index (κ1) is 29.3. The molecular weight excluding hydrogens is 554 g/mol. The summed E-state index contributed by atoms with van der Waals surface area (Å²) in [6, 6.07) is 10.3. The van der Waals surface area contributed by atoms with Crippen molar-refractivity contribution >= 4 is 34.8 Å². The molecule has 2 aliphatic carbocycles. The van der Waals surface area contributed by atoms with E-state index in [9.17, 15) is 9.90 Å². The van der Waals surface area contributed by atoms with E-state index in [0.29, 0.717) is 49.6 Å². The Kier molecular flexibility index (Phi) is 8.35. The lowest BCUT2D eigenvalue weighted by atomic mass is 9.80. The molecule has 4 heterocycles. The lowest BCUT2D eigenvalue weighted by Crippen LogP contribution is -2.41. The van der Waals surface area contributed by atoms with Gasteiger partial charge in [-0.2, -0.15) is 15.0 Å². The van der Waals surface area contributed by atoms with Gasteiger partial charge in [0.2, 0.25) is 11.9 Å². The zero-order valence-corrected chi connectivity index (χ0v) is 26.2. The van der Waals surface area contributed by atoms with E-state index in [0.717, 1.165) is 42.7 Å². The maximum absolute atomic E-state index is 12.2. The minimum Gasteiger partial charge on any atom is -0.480 e. The van der Waals surface area contributed by atoms with E-state index in [1.54, 1.807) is 0 Å². The molecule has 0 bridgehead atoms. The van der Waals surface area contributed by atoms with Crippen LogP contribution in [0.25, 0.3) is 11.2 Å². The van der Waals surface area contributed by atoms with Gasteiger partial charge < -0.3 is 29.5 Å². The first-order chi connectivity index (χ1) is 21.5. The maximum atomic E-state index is 12.2. The summed E-state index contributed by atoms with van der Waals surface area (Å²) in [5.41, 5.74) is 2.80. The minimum atomic E-state index is -0.819. The highest BCUT2D eigenvalue weighted by Gasteiger charge is 2.36. The predicted molar refractivity (Wildman–Crippen MR) is 172 cm³/mol. The molecule has 10 heteroatoms. The number of nitrogens with one attached hydrogen (secondary N) is 1. The van der Waals surface area contributed by atoms with Crippen molar-refractivity contribution in [1.82, 2.24) is 19.5 Å². The predicted octanol–water partition coefficient (Wildman–Crippen LogP) is 5.88. The summed E-state index contributed by atoms with van der Waals surface area (Å²) >= 11 is 0. The van der Waals surface area contributed by atoms with Gasteiger partial charge in [-0.1, -0.05) is 56.5 Å². The third kappa shape index (κ3) is 5.73. The number of carboxylic acid groups (broad SMARTS) is 1. The fourth-order valence-electron chi connectivity index (χ4n) is 7.73. The first-order valence-electron chi connectivity index (χ1n) is 16.9. The van der Waals surface area contributed by atoms with E-state index < -0.39 is 12.0 Å². The van der Waals surface area contributed by atoms with Gasteiger partial charge in [0.25, 0.3) is 0 Å². The number of aliphatic carboxylic acids is 1. The van der Waals surface area contributed by atoms with Gasteiger partial charge in [0.05, 0.1) is 19.3 Å². The van der Waals surface area contributed by atoms with Gasteiger partial charge >= 0.3 is 5.97 Å².